The van der Waals surface area contributed by atoms with Crippen molar-refractivity contribution in [3.63, 3.8) is 0 Å². The van der Waals surface area contributed by atoms with Gasteiger partial charge in [0.05, 0.1) is 7.11 Å². The first-order chi connectivity index (χ1) is 13.7. The Morgan fingerprint density at radius 2 is 1.75 bits per heavy atom. The van der Waals surface area contributed by atoms with Gasteiger partial charge in [-0.05, 0) is 55.0 Å². The number of carbonyl (C=O) groups is 1. The van der Waals surface area contributed by atoms with Crippen LogP contribution in [0, 0.1) is 0 Å². The van der Waals surface area contributed by atoms with Gasteiger partial charge in [0, 0.05) is 40.1 Å². The molecule has 0 aliphatic heterocycles. The van der Waals surface area contributed by atoms with E-state index in [-0.39, 0.29) is 5.91 Å². The number of benzene rings is 3. The van der Waals surface area contributed by atoms with Gasteiger partial charge >= 0.3 is 0 Å². The van der Waals surface area contributed by atoms with Crippen LogP contribution in [-0.4, -0.2) is 17.6 Å². The monoisotopic (exact) mass is 370 g/mol. The number of anilines is 1. The van der Waals surface area contributed by atoms with Crippen molar-refractivity contribution in [3.8, 4) is 5.75 Å². The number of hydrogen-bond acceptors (Lipinski definition) is 2. The average molecular weight is 370 g/mol. The van der Waals surface area contributed by atoms with Crippen molar-refractivity contribution < 1.29 is 9.53 Å². The van der Waals surface area contributed by atoms with Gasteiger partial charge in [-0.15, -0.1) is 0 Å². The lowest BCUT2D eigenvalue weighted by Crippen LogP contribution is -2.07. The molecule has 0 bridgehead atoms. The summed E-state index contributed by atoms with van der Waals surface area (Å²) >= 11 is 0. The fraction of sp³-hybridized carbons (Fsp3) is 0.125. The molecule has 0 spiro atoms. The van der Waals surface area contributed by atoms with Crippen LogP contribution in [0.15, 0.2) is 72.8 Å². The Labute approximate surface area is 164 Å². The minimum Gasteiger partial charge on any atom is -0.497 e. The summed E-state index contributed by atoms with van der Waals surface area (Å²) in [5.41, 5.74) is 4.12. The van der Waals surface area contributed by atoms with Gasteiger partial charge in [0.1, 0.15) is 5.75 Å². The molecule has 1 aromatic heterocycles. The number of carbonyl (C=O) groups excluding carboxylic acids is 1. The Morgan fingerprint density at radius 3 is 2.50 bits per heavy atom. The molecule has 0 unspecified atom stereocenters. The molecule has 0 aliphatic carbocycles. The van der Waals surface area contributed by atoms with E-state index in [1.165, 1.54) is 16.4 Å². The van der Waals surface area contributed by atoms with Crippen LogP contribution >= 0.6 is 0 Å². The summed E-state index contributed by atoms with van der Waals surface area (Å²) in [4.78, 5) is 12.3. The maximum Gasteiger partial charge on any atom is 0.248 e. The highest BCUT2D eigenvalue weighted by atomic mass is 16.5. The predicted molar refractivity (Wildman–Crippen MR) is 116 cm³/mol. The van der Waals surface area contributed by atoms with E-state index in [1.807, 2.05) is 42.5 Å². The van der Waals surface area contributed by atoms with Gasteiger partial charge in [-0.3, -0.25) is 4.79 Å². The zero-order chi connectivity index (χ0) is 19.5. The number of methoxy groups -OCH3 is 1. The van der Waals surface area contributed by atoms with Gasteiger partial charge in [0.15, 0.2) is 0 Å². The van der Waals surface area contributed by atoms with Crippen LogP contribution in [0.3, 0.4) is 0 Å². The fourth-order valence-electron chi connectivity index (χ4n) is 3.54. The van der Waals surface area contributed by atoms with E-state index in [4.69, 9.17) is 4.74 Å². The molecule has 0 fully saturated rings. The lowest BCUT2D eigenvalue weighted by molar-refractivity contribution is -0.111. The van der Waals surface area contributed by atoms with Gasteiger partial charge in [0.2, 0.25) is 5.91 Å². The SMILES string of the molecule is CCn1c2ccccc2c2cc(NC(=O)C=Cc3ccc(OC)cc3)ccc21. The molecule has 4 nitrogen and oxygen atoms in total. The third-order valence-corrected chi connectivity index (χ3v) is 4.90. The summed E-state index contributed by atoms with van der Waals surface area (Å²) in [6.07, 6.45) is 3.33. The van der Waals surface area contributed by atoms with E-state index >= 15 is 0 Å². The minimum atomic E-state index is -0.158. The number of aromatic nitrogens is 1. The third-order valence-electron chi connectivity index (χ3n) is 4.90. The van der Waals surface area contributed by atoms with Crippen LogP contribution in [0.25, 0.3) is 27.9 Å². The van der Waals surface area contributed by atoms with Gasteiger partial charge in [-0.1, -0.05) is 30.3 Å². The number of nitrogens with one attached hydrogen (secondary N) is 1. The minimum absolute atomic E-state index is 0.158. The standard InChI is InChI=1S/C24H22N2O2/c1-3-26-22-7-5-4-6-20(22)21-16-18(11-14-23(21)26)25-24(27)15-10-17-8-12-19(28-2)13-9-17/h4-16H,3H2,1-2H3,(H,25,27). The van der Waals surface area contributed by atoms with Crippen LogP contribution in [-0.2, 0) is 11.3 Å². The van der Waals surface area contributed by atoms with Crippen molar-refractivity contribution in [2.75, 3.05) is 12.4 Å². The van der Waals surface area contributed by atoms with Crippen molar-refractivity contribution >= 4 is 39.5 Å². The number of rotatable bonds is 5. The summed E-state index contributed by atoms with van der Waals surface area (Å²) in [7, 11) is 1.63. The molecule has 3 aromatic carbocycles. The van der Waals surface area contributed by atoms with Crippen molar-refractivity contribution in [2.45, 2.75) is 13.5 Å². The molecule has 1 amide bonds. The number of para-hydroxylation sites is 1. The average Bonchev–Trinajstić information content (AvgIpc) is 3.05. The first-order valence-corrected chi connectivity index (χ1v) is 9.33. The molecular formula is C24H22N2O2. The molecule has 4 rings (SSSR count). The van der Waals surface area contributed by atoms with Crippen molar-refractivity contribution in [1.82, 2.24) is 4.57 Å². The van der Waals surface area contributed by atoms with Crippen LogP contribution < -0.4 is 10.1 Å². The first-order valence-electron chi connectivity index (χ1n) is 9.33. The van der Waals surface area contributed by atoms with Gasteiger partial charge in [0.25, 0.3) is 0 Å². The Kier molecular flexibility index (Phi) is 4.85. The predicted octanol–water partition coefficient (Wildman–Crippen LogP) is 5.47. The molecule has 140 valence electrons. The second-order valence-electron chi connectivity index (χ2n) is 6.59. The lowest BCUT2D eigenvalue weighted by atomic mass is 10.1. The van der Waals surface area contributed by atoms with E-state index < -0.39 is 0 Å². The van der Waals surface area contributed by atoms with Crippen LogP contribution in [0.5, 0.6) is 5.75 Å². The van der Waals surface area contributed by atoms with Gasteiger partial charge in [-0.25, -0.2) is 0 Å². The molecule has 0 aliphatic rings. The molecule has 0 saturated carbocycles. The van der Waals surface area contributed by atoms with Crippen LogP contribution in [0.4, 0.5) is 5.69 Å². The molecule has 1 heterocycles. The molecule has 0 atom stereocenters. The summed E-state index contributed by atoms with van der Waals surface area (Å²) in [5, 5.41) is 5.31. The number of ether oxygens (including phenoxy) is 1. The topological polar surface area (TPSA) is 43.3 Å². The molecule has 0 saturated heterocycles. The molecule has 4 heteroatoms. The highest BCUT2D eigenvalue weighted by molar-refractivity contribution is 6.10. The summed E-state index contributed by atoms with van der Waals surface area (Å²) in [6, 6.07) is 22.0. The molecule has 28 heavy (non-hydrogen) atoms. The Morgan fingerprint density at radius 1 is 1.00 bits per heavy atom. The zero-order valence-corrected chi connectivity index (χ0v) is 16.0. The molecule has 1 N–H and O–H groups in total. The fourth-order valence-corrected chi connectivity index (χ4v) is 3.54. The second-order valence-corrected chi connectivity index (χ2v) is 6.59. The van der Waals surface area contributed by atoms with E-state index in [0.717, 1.165) is 28.9 Å². The lowest BCUT2D eigenvalue weighted by Gasteiger charge is -2.05. The highest BCUT2D eigenvalue weighted by Crippen LogP contribution is 2.31. The number of amides is 1. The quantitative estimate of drug-likeness (QED) is 0.473. The first kappa shape index (κ1) is 17.9. The summed E-state index contributed by atoms with van der Waals surface area (Å²) in [6.45, 7) is 3.05. The normalized spacial score (nSPS) is 11.4. The highest BCUT2D eigenvalue weighted by Gasteiger charge is 2.10. The number of fused-ring (bicyclic) bond motifs is 3. The maximum atomic E-state index is 12.3. The third kappa shape index (κ3) is 3.37. The zero-order valence-electron chi connectivity index (χ0n) is 16.0. The van der Waals surface area contributed by atoms with E-state index in [2.05, 4.69) is 41.1 Å². The van der Waals surface area contributed by atoms with Crippen LogP contribution in [0.2, 0.25) is 0 Å². The molecule has 4 aromatic rings. The second kappa shape index (κ2) is 7.61. The van der Waals surface area contributed by atoms with Crippen molar-refractivity contribution in [2.24, 2.45) is 0 Å². The number of nitrogens with zero attached hydrogens (tertiary/aromatic N) is 1. The van der Waals surface area contributed by atoms with Crippen molar-refractivity contribution in [3.05, 3.63) is 78.4 Å². The maximum absolute atomic E-state index is 12.3. The number of aryl methyl sites for hydroxylation is 1. The van der Waals surface area contributed by atoms with Crippen molar-refractivity contribution in [1.29, 1.82) is 0 Å². The van der Waals surface area contributed by atoms with Crippen LogP contribution in [0.1, 0.15) is 12.5 Å². The Bertz CT molecular complexity index is 1170. The smallest absolute Gasteiger partial charge is 0.248 e. The summed E-state index contributed by atoms with van der Waals surface area (Å²) < 4.78 is 7.44. The van der Waals surface area contributed by atoms with E-state index in [9.17, 15) is 4.79 Å². The molecular weight excluding hydrogens is 348 g/mol. The Balaban J connectivity index is 1.58. The van der Waals surface area contributed by atoms with Gasteiger partial charge in [-0.2, -0.15) is 0 Å². The number of hydrogen-bond donors (Lipinski definition) is 1. The Hall–Kier alpha value is -3.53. The molecule has 0 radical (unpaired) electrons. The van der Waals surface area contributed by atoms with E-state index in [1.54, 1.807) is 19.3 Å². The summed E-state index contributed by atoms with van der Waals surface area (Å²) in [5.74, 6) is 0.635. The largest absolute Gasteiger partial charge is 0.497 e. The van der Waals surface area contributed by atoms with E-state index in [0.29, 0.717) is 0 Å². The van der Waals surface area contributed by atoms with Gasteiger partial charge < -0.3 is 14.6 Å².